The highest BCUT2D eigenvalue weighted by molar-refractivity contribution is 6.12. The summed E-state index contributed by atoms with van der Waals surface area (Å²) in [5.41, 5.74) is 15.4. The van der Waals surface area contributed by atoms with E-state index in [9.17, 15) is 0 Å². The van der Waals surface area contributed by atoms with Gasteiger partial charge in [0.05, 0.1) is 5.52 Å². The monoisotopic (exact) mass is 568 g/mol. The van der Waals surface area contributed by atoms with Crippen LogP contribution >= 0.6 is 0 Å². The standard InChI is InChI=1S/C42H36N2/c1-4-42(5-2)37-26-29(33-20-14-21-35-34-19-12-13-22-39(34)43-41(33)35)23-24-36(37)40-28(3)25-32(27-38(40)42)44(30-15-8-6-9-16-30)31-17-10-7-11-18-31/h6-27,43H,4-5H2,1-3H3. The Hall–Kier alpha value is -5.08. The van der Waals surface area contributed by atoms with Crippen LogP contribution in [0.5, 0.6) is 0 Å². The van der Waals surface area contributed by atoms with Crippen molar-refractivity contribution in [1.82, 2.24) is 4.98 Å². The van der Waals surface area contributed by atoms with Crippen LogP contribution in [0.4, 0.5) is 17.1 Å². The maximum Gasteiger partial charge on any atom is 0.0544 e. The van der Waals surface area contributed by atoms with Gasteiger partial charge in [-0.25, -0.2) is 0 Å². The second-order valence-corrected chi connectivity index (χ2v) is 12.1. The molecule has 2 nitrogen and oxygen atoms in total. The molecule has 0 amide bonds. The number of nitrogens with one attached hydrogen (secondary N) is 1. The molecule has 1 aromatic heterocycles. The van der Waals surface area contributed by atoms with Gasteiger partial charge in [-0.1, -0.05) is 98.8 Å². The highest BCUT2D eigenvalue weighted by Gasteiger charge is 2.42. The zero-order valence-corrected chi connectivity index (χ0v) is 25.6. The van der Waals surface area contributed by atoms with E-state index < -0.39 is 0 Å². The van der Waals surface area contributed by atoms with Crippen LogP contribution in [-0.2, 0) is 5.41 Å². The number of benzene rings is 6. The molecular formula is C42H36N2. The third kappa shape index (κ3) is 3.87. The first-order valence-electron chi connectivity index (χ1n) is 15.8. The van der Waals surface area contributed by atoms with E-state index in [4.69, 9.17) is 0 Å². The Balaban J connectivity index is 1.32. The van der Waals surface area contributed by atoms with Crippen molar-refractivity contribution in [1.29, 1.82) is 0 Å². The molecule has 2 heteroatoms. The number of H-pyrrole nitrogens is 1. The summed E-state index contributed by atoms with van der Waals surface area (Å²) in [6.07, 6.45) is 2.09. The predicted octanol–water partition coefficient (Wildman–Crippen LogP) is 11.9. The quantitative estimate of drug-likeness (QED) is 0.211. The van der Waals surface area contributed by atoms with Gasteiger partial charge in [-0.3, -0.25) is 0 Å². The zero-order chi connectivity index (χ0) is 29.8. The van der Waals surface area contributed by atoms with E-state index in [1.165, 1.54) is 77.8 Å². The number of aryl methyl sites for hydroxylation is 1. The molecule has 0 fully saturated rings. The third-order valence-electron chi connectivity index (χ3n) is 9.99. The summed E-state index contributed by atoms with van der Waals surface area (Å²) in [6.45, 7) is 7.02. The number of anilines is 3. The maximum atomic E-state index is 3.73. The lowest BCUT2D eigenvalue weighted by atomic mass is 9.73. The van der Waals surface area contributed by atoms with E-state index in [2.05, 4.69) is 164 Å². The second kappa shape index (κ2) is 10.3. The van der Waals surface area contributed by atoms with Crippen LogP contribution in [0.3, 0.4) is 0 Å². The topological polar surface area (TPSA) is 19.0 Å². The van der Waals surface area contributed by atoms with Crippen molar-refractivity contribution in [3.8, 4) is 22.3 Å². The SMILES string of the molecule is CCC1(CC)c2cc(-c3cccc4c3[nH]c3ccccc34)ccc2-c2c(C)cc(N(c3ccccc3)c3ccccc3)cc21. The van der Waals surface area contributed by atoms with Gasteiger partial charge in [0.15, 0.2) is 0 Å². The molecule has 1 aliphatic rings. The molecular weight excluding hydrogens is 532 g/mol. The average Bonchev–Trinajstić information content (AvgIpc) is 3.59. The summed E-state index contributed by atoms with van der Waals surface area (Å²) in [4.78, 5) is 6.13. The largest absolute Gasteiger partial charge is 0.354 e. The van der Waals surface area contributed by atoms with Crippen LogP contribution in [-0.4, -0.2) is 4.98 Å². The van der Waals surface area contributed by atoms with Crippen molar-refractivity contribution in [3.63, 3.8) is 0 Å². The minimum atomic E-state index is -0.0607. The van der Waals surface area contributed by atoms with Gasteiger partial charge in [-0.15, -0.1) is 0 Å². The predicted molar refractivity (Wildman–Crippen MR) is 187 cm³/mol. The average molecular weight is 569 g/mol. The molecule has 214 valence electrons. The number of rotatable bonds is 6. The van der Waals surface area contributed by atoms with Gasteiger partial charge in [0, 0.05) is 44.3 Å². The van der Waals surface area contributed by atoms with Crippen LogP contribution in [0.25, 0.3) is 44.1 Å². The van der Waals surface area contributed by atoms with Crippen LogP contribution in [0, 0.1) is 6.92 Å². The number of hydrogen-bond acceptors (Lipinski definition) is 1. The summed E-state index contributed by atoms with van der Waals surface area (Å²) in [5.74, 6) is 0. The lowest BCUT2D eigenvalue weighted by Crippen LogP contribution is -2.23. The summed E-state index contributed by atoms with van der Waals surface area (Å²) in [7, 11) is 0. The Bertz CT molecular complexity index is 2110. The first-order chi connectivity index (χ1) is 21.6. The van der Waals surface area contributed by atoms with Crippen LogP contribution < -0.4 is 4.90 Å². The molecule has 1 heterocycles. The fourth-order valence-corrected chi connectivity index (χ4v) is 7.83. The number of fused-ring (bicyclic) bond motifs is 6. The van der Waals surface area contributed by atoms with E-state index in [0.717, 1.165) is 12.8 Å². The van der Waals surface area contributed by atoms with Gasteiger partial charge in [-0.05, 0) is 102 Å². The molecule has 0 aliphatic heterocycles. The normalized spacial score (nSPS) is 13.2. The number of aromatic amines is 1. The van der Waals surface area contributed by atoms with Crippen molar-refractivity contribution >= 4 is 38.9 Å². The fraction of sp³-hybridized carbons (Fsp3) is 0.143. The van der Waals surface area contributed by atoms with Gasteiger partial charge < -0.3 is 9.88 Å². The first-order valence-corrected chi connectivity index (χ1v) is 15.8. The molecule has 0 saturated heterocycles. The second-order valence-electron chi connectivity index (χ2n) is 12.1. The summed E-state index contributed by atoms with van der Waals surface area (Å²) < 4.78 is 0. The van der Waals surface area contributed by atoms with Gasteiger partial charge in [0.25, 0.3) is 0 Å². The van der Waals surface area contributed by atoms with Crippen molar-refractivity contribution < 1.29 is 0 Å². The Morgan fingerprint density at radius 1 is 0.568 bits per heavy atom. The highest BCUT2D eigenvalue weighted by atomic mass is 15.1. The van der Waals surface area contributed by atoms with Gasteiger partial charge >= 0.3 is 0 Å². The van der Waals surface area contributed by atoms with Gasteiger partial charge in [-0.2, -0.15) is 0 Å². The third-order valence-corrected chi connectivity index (χ3v) is 9.99. The molecule has 0 spiro atoms. The Labute approximate surface area is 259 Å². The van der Waals surface area contributed by atoms with Crippen LogP contribution in [0.1, 0.15) is 43.4 Å². The molecule has 0 bridgehead atoms. The molecule has 0 saturated carbocycles. The number of nitrogens with zero attached hydrogens (tertiary/aromatic N) is 1. The number of hydrogen-bond donors (Lipinski definition) is 1. The van der Waals surface area contributed by atoms with E-state index in [1.807, 2.05) is 0 Å². The van der Waals surface area contributed by atoms with E-state index in [0.29, 0.717) is 0 Å². The highest BCUT2D eigenvalue weighted by Crippen LogP contribution is 2.56. The molecule has 44 heavy (non-hydrogen) atoms. The first kappa shape index (κ1) is 26.5. The van der Waals surface area contributed by atoms with Gasteiger partial charge in [0.2, 0.25) is 0 Å². The van der Waals surface area contributed by atoms with Crippen molar-refractivity contribution in [3.05, 3.63) is 150 Å². The van der Waals surface area contributed by atoms with Crippen LogP contribution in [0.15, 0.2) is 133 Å². The summed E-state index contributed by atoms with van der Waals surface area (Å²) >= 11 is 0. The number of aromatic nitrogens is 1. The zero-order valence-electron chi connectivity index (χ0n) is 25.6. The molecule has 0 unspecified atom stereocenters. The molecule has 0 radical (unpaired) electrons. The maximum absolute atomic E-state index is 3.73. The Morgan fingerprint density at radius 3 is 1.93 bits per heavy atom. The van der Waals surface area contributed by atoms with Crippen molar-refractivity contribution in [2.45, 2.75) is 39.0 Å². The smallest absolute Gasteiger partial charge is 0.0544 e. The van der Waals surface area contributed by atoms with E-state index in [1.54, 1.807) is 0 Å². The Morgan fingerprint density at radius 2 is 1.23 bits per heavy atom. The van der Waals surface area contributed by atoms with Crippen molar-refractivity contribution in [2.75, 3.05) is 4.90 Å². The molecule has 1 N–H and O–H groups in total. The van der Waals surface area contributed by atoms with E-state index in [-0.39, 0.29) is 5.41 Å². The minimum Gasteiger partial charge on any atom is -0.354 e. The molecule has 8 rings (SSSR count). The molecule has 6 aromatic carbocycles. The minimum absolute atomic E-state index is 0.0607. The molecule has 0 atom stereocenters. The fourth-order valence-electron chi connectivity index (χ4n) is 7.83. The molecule has 1 aliphatic carbocycles. The Kier molecular flexibility index (Phi) is 6.20. The van der Waals surface area contributed by atoms with Gasteiger partial charge in [0.1, 0.15) is 0 Å². The summed E-state index contributed by atoms with van der Waals surface area (Å²) in [5, 5.41) is 2.56. The summed E-state index contributed by atoms with van der Waals surface area (Å²) in [6, 6.07) is 48.9. The van der Waals surface area contributed by atoms with E-state index >= 15 is 0 Å². The van der Waals surface area contributed by atoms with Crippen molar-refractivity contribution in [2.24, 2.45) is 0 Å². The molecule has 7 aromatic rings. The number of para-hydroxylation sites is 4. The lowest BCUT2D eigenvalue weighted by Gasteiger charge is -2.32. The van der Waals surface area contributed by atoms with Crippen LogP contribution in [0.2, 0.25) is 0 Å². The lowest BCUT2D eigenvalue weighted by molar-refractivity contribution is 0.490.